The number of rotatable bonds is 2. The SMILES string of the molecule is CC(C)(C)c1ccc(C2CC(N)CN(c3cccc(F)c3)C2)cc1. The molecule has 1 saturated heterocycles. The number of nitrogens with two attached hydrogens (primary N) is 1. The van der Waals surface area contributed by atoms with E-state index in [1.165, 1.54) is 17.2 Å². The first-order valence-corrected chi connectivity index (χ1v) is 8.69. The van der Waals surface area contributed by atoms with Crippen molar-refractivity contribution in [2.24, 2.45) is 5.73 Å². The Hall–Kier alpha value is -1.87. The van der Waals surface area contributed by atoms with Gasteiger partial charge in [0.15, 0.2) is 0 Å². The van der Waals surface area contributed by atoms with Crippen molar-refractivity contribution in [1.82, 2.24) is 0 Å². The Morgan fingerprint density at radius 1 is 1.04 bits per heavy atom. The van der Waals surface area contributed by atoms with E-state index in [4.69, 9.17) is 5.73 Å². The van der Waals surface area contributed by atoms with Gasteiger partial charge in [0.2, 0.25) is 0 Å². The number of benzene rings is 2. The lowest BCUT2D eigenvalue weighted by atomic mass is 9.83. The molecule has 1 fully saturated rings. The van der Waals surface area contributed by atoms with Crippen LogP contribution in [0.15, 0.2) is 48.5 Å². The lowest BCUT2D eigenvalue weighted by molar-refractivity contribution is 0.453. The average molecular weight is 326 g/mol. The van der Waals surface area contributed by atoms with Crippen LogP contribution >= 0.6 is 0 Å². The largest absolute Gasteiger partial charge is 0.369 e. The number of nitrogens with zero attached hydrogens (tertiary/aromatic N) is 1. The summed E-state index contributed by atoms with van der Waals surface area (Å²) in [4.78, 5) is 2.21. The predicted molar refractivity (Wildman–Crippen MR) is 99.1 cm³/mol. The van der Waals surface area contributed by atoms with Crippen LogP contribution in [-0.4, -0.2) is 19.1 Å². The highest BCUT2D eigenvalue weighted by Crippen LogP contribution is 2.31. The zero-order chi connectivity index (χ0) is 17.3. The molecule has 0 radical (unpaired) electrons. The van der Waals surface area contributed by atoms with E-state index >= 15 is 0 Å². The second kappa shape index (κ2) is 6.56. The van der Waals surface area contributed by atoms with Crippen molar-refractivity contribution in [3.05, 3.63) is 65.5 Å². The number of piperidine rings is 1. The van der Waals surface area contributed by atoms with Gasteiger partial charge in [0.05, 0.1) is 0 Å². The standard InChI is InChI=1S/C21H27FN2/c1-21(2,3)17-9-7-15(8-10-17)16-11-19(23)14-24(13-16)20-6-4-5-18(22)12-20/h4-10,12,16,19H,11,13-14,23H2,1-3H3. The van der Waals surface area contributed by atoms with Crippen molar-refractivity contribution in [3.8, 4) is 0 Å². The van der Waals surface area contributed by atoms with Gasteiger partial charge in [-0.1, -0.05) is 51.1 Å². The lowest BCUT2D eigenvalue weighted by Crippen LogP contribution is -2.46. The van der Waals surface area contributed by atoms with Crippen LogP contribution in [0.2, 0.25) is 0 Å². The Bertz CT molecular complexity index is 688. The quantitative estimate of drug-likeness (QED) is 0.884. The van der Waals surface area contributed by atoms with Crippen molar-refractivity contribution in [2.45, 2.75) is 44.6 Å². The fourth-order valence-corrected chi connectivity index (χ4v) is 3.52. The van der Waals surface area contributed by atoms with Crippen LogP contribution in [0.5, 0.6) is 0 Å². The summed E-state index contributed by atoms with van der Waals surface area (Å²) >= 11 is 0. The van der Waals surface area contributed by atoms with Gasteiger partial charge in [-0.15, -0.1) is 0 Å². The van der Waals surface area contributed by atoms with Gasteiger partial charge < -0.3 is 10.6 Å². The van der Waals surface area contributed by atoms with Crippen molar-refractivity contribution >= 4 is 5.69 Å². The molecule has 0 bridgehead atoms. The van der Waals surface area contributed by atoms with Crippen molar-refractivity contribution in [2.75, 3.05) is 18.0 Å². The van der Waals surface area contributed by atoms with Crippen LogP contribution in [0.3, 0.4) is 0 Å². The molecule has 3 heteroatoms. The van der Waals surface area contributed by atoms with Crippen LogP contribution in [0.4, 0.5) is 10.1 Å². The van der Waals surface area contributed by atoms with E-state index in [0.29, 0.717) is 5.92 Å². The van der Waals surface area contributed by atoms with E-state index in [-0.39, 0.29) is 17.3 Å². The smallest absolute Gasteiger partial charge is 0.125 e. The monoisotopic (exact) mass is 326 g/mol. The molecule has 2 unspecified atom stereocenters. The second-order valence-corrected chi connectivity index (χ2v) is 7.95. The molecule has 0 aliphatic carbocycles. The highest BCUT2D eigenvalue weighted by Gasteiger charge is 2.27. The molecule has 1 aliphatic rings. The molecule has 2 N–H and O–H groups in total. The molecule has 2 atom stereocenters. The first kappa shape index (κ1) is 17.0. The van der Waals surface area contributed by atoms with Crippen LogP contribution in [0.1, 0.15) is 44.2 Å². The third kappa shape index (κ3) is 3.78. The fraction of sp³-hybridized carbons (Fsp3) is 0.429. The van der Waals surface area contributed by atoms with E-state index in [2.05, 4.69) is 49.9 Å². The third-order valence-corrected chi connectivity index (χ3v) is 4.90. The van der Waals surface area contributed by atoms with Gasteiger partial charge in [0, 0.05) is 30.7 Å². The molecule has 1 aliphatic heterocycles. The second-order valence-electron chi connectivity index (χ2n) is 7.95. The summed E-state index contributed by atoms with van der Waals surface area (Å²) in [6.45, 7) is 8.34. The molecule has 0 spiro atoms. The van der Waals surface area contributed by atoms with E-state index in [0.717, 1.165) is 25.2 Å². The summed E-state index contributed by atoms with van der Waals surface area (Å²) in [5, 5.41) is 0. The van der Waals surface area contributed by atoms with Crippen molar-refractivity contribution in [1.29, 1.82) is 0 Å². The fourth-order valence-electron chi connectivity index (χ4n) is 3.52. The Balaban J connectivity index is 1.81. The molecule has 2 aromatic carbocycles. The first-order valence-electron chi connectivity index (χ1n) is 8.69. The predicted octanol–water partition coefficient (Wildman–Crippen LogP) is 4.44. The topological polar surface area (TPSA) is 29.3 Å². The number of hydrogen-bond acceptors (Lipinski definition) is 2. The molecule has 24 heavy (non-hydrogen) atoms. The van der Waals surface area contributed by atoms with Crippen LogP contribution in [0.25, 0.3) is 0 Å². The molecule has 128 valence electrons. The minimum Gasteiger partial charge on any atom is -0.369 e. The van der Waals surface area contributed by atoms with Gasteiger partial charge in [0.1, 0.15) is 5.82 Å². The van der Waals surface area contributed by atoms with Crippen LogP contribution in [-0.2, 0) is 5.41 Å². The first-order chi connectivity index (χ1) is 11.3. The van der Waals surface area contributed by atoms with E-state index in [1.807, 2.05) is 6.07 Å². The number of anilines is 1. The minimum absolute atomic E-state index is 0.106. The van der Waals surface area contributed by atoms with E-state index in [1.54, 1.807) is 12.1 Å². The number of halogens is 1. The molecule has 0 aromatic heterocycles. The van der Waals surface area contributed by atoms with E-state index < -0.39 is 0 Å². The minimum atomic E-state index is -0.197. The molecule has 2 nitrogen and oxygen atoms in total. The lowest BCUT2D eigenvalue weighted by Gasteiger charge is -2.38. The molecule has 0 saturated carbocycles. The van der Waals surface area contributed by atoms with Crippen molar-refractivity contribution < 1.29 is 4.39 Å². The van der Waals surface area contributed by atoms with Gasteiger partial charge in [-0.25, -0.2) is 4.39 Å². The van der Waals surface area contributed by atoms with Crippen LogP contribution in [0, 0.1) is 5.82 Å². The maximum Gasteiger partial charge on any atom is 0.125 e. The van der Waals surface area contributed by atoms with Crippen LogP contribution < -0.4 is 10.6 Å². The Kier molecular flexibility index (Phi) is 4.64. The Labute approximate surface area is 144 Å². The maximum absolute atomic E-state index is 13.5. The summed E-state index contributed by atoms with van der Waals surface area (Å²) < 4.78 is 13.5. The molecule has 2 aromatic rings. The van der Waals surface area contributed by atoms with Gasteiger partial charge in [-0.05, 0) is 41.2 Å². The Morgan fingerprint density at radius 2 is 1.75 bits per heavy atom. The summed E-state index contributed by atoms with van der Waals surface area (Å²) in [5.41, 5.74) is 10.0. The molecular weight excluding hydrogens is 299 g/mol. The maximum atomic E-state index is 13.5. The van der Waals surface area contributed by atoms with Gasteiger partial charge in [0.25, 0.3) is 0 Å². The Morgan fingerprint density at radius 3 is 2.38 bits per heavy atom. The summed E-state index contributed by atoms with van der Waals surface area (Å²) in [7, 11) is 0. The van der Waals surface area contributed by atoms with Crippen molar-refractivity contribution in [3.63, 3.8) is 0 Å². The average Bonchev–Trinajstić information content (AvgIpc) is 2.53. The number of hydrogen-bond donors (Lipinski definition) is 1. The van der Waals surface area contributed by atoms with E-state index in [9.17, 15) is 4.39 Å². The molecule has 0 amide bonds. The highest BCUT2D eigenvalue weighted by atomic mass is 19.1. The normalized spacial score (nSPS) is 21.8. The molecular formula is C21H27FN2. The molecule has 3 rings (SSSR count). The van der Waals surface area contributed by atoms with Gasteiger partial charge in [-0.2, -0.15) is 0 Å². The highest BCUT2D eigenvalue weighted by molar-refractivity contribution is 5.48. The summed E-state index contributed by atoms with van der Waals surface area (Å²) in [6, 6.07) is 15.8. The molecule has 1 heterocycles. The third-order valence-electron chi connectivity index (χ3n) is 4.90. The summed E-state index contributed by atoms with van der Waals surface area (Å²) in [6.07, 6.45) is 0.973. The van der Waals surface area contributed by atoms with Gasteiger partial charge in [-0.3, -0.25) is 0 Å². The summed E-state index contributed by atoms with van der Waals surface area (Å²) in [5.74, 6) is 0.184. The zero-order valence-electron chi connectivity index (χ0n) is 14.8. The zero-order valence-corrected chi connectivity index (χ0v) is 14.8. The van der Waals surface area contributed by atoms with Gasteiger partial charge >= 0.3 is 0 Å².